The third-order valence-electron chi connectivity index (χ3n) is 2.06. The molecule has 0 bridgehead atoms. The number of aromatic amines is 1. The van der Waals surface area contributed by atoms with Crippen molar-refractivity contribution in [3.8, 4) is 0 Å². The van der Waals surface area contributed by atoms with Gasteiger partial charge in [-0.25, -0.2) is 8.42 Å². The maximum Gasteiger partial charge on any atom is 0.299 e. The van der Waals surface area contributed by atoms with Crippen molar-refractivity contribution in [2.24, 2.45) is 0 Å². The first-order chi connectivity index (χ1) is 10.0. The molecule has 0 aliphatic heterocycles. The van der Waals surface area contributed by atoms with Crippen LogP contribution in [0.3, 0.4) is 0 Å². The number of halogens is 2. The van der Waals surface area contributed by atoms with E-state index in [-0.39, 0.29) is 9.92 Å². The summed E-state index contributed by atoms with van der Waals surface area (Å²) < 4.78 is 50.6. The Morgan fingerprint density at radius 1 is 1.14 bits per heavy atom. The minimum Gasteiger partial charge on any atom is -0.366 e. The summed E-state index contributed by atoms with van der Waals surface area (Å²) in [5, 5.41) is 0.0787. The Morgan fingerprint density at radius 2 is 1.77 bits per heavy atom. The zero-order valence-electron chi connectivity index (χ0n) is 10.5. The van der Waals surface area contributed by atoms with E-state index in [0.717, 1.165) is 18.5 Å². The molecule has 0 aromatic carbocycles. The maximum atomic E-state index is 10.7. The van der Waals surface area contributed by atoms with Crippen LogP contribution in [0.2, 0.25) is 5.02 Å². The number of nitrogens with zero attached hydrogens (tertiary/aromatic N) is 1. The van der Waals surface area contributed by atoms with E-state index in [1.165, 1.54) is 18.5 Å². The quantitative estimate of drug-likeness (QED) is 0.586. The molecule has 22 heavy (non-hydrogen) atoms. The predicted molar refractivity (Wildman–Crippen MR) is 79.2 cm³/mol. The topological polar surface area (TPSA) is 134 Å². The van der Waals surface area contributed by atoms with Gasteiger partial charge >= 0.3 is 0 Å². The molecule has 2 aromatic heterocycles. The van der Waals surface area contributed by atoms with Crippen LogP contribution in [0.4, 0.5) is 0 Å². The highest BCUT2D eigenvalue weighted by Crippen LogP contribution is 2.22. The molecule has 0 saturated carbocycles. The van der Waals surface area contributed by atoms with E-state index in [1.807, 2.05) is 0 Å². The first-order valence-corrected chi connectivity index (χ1v) is 9.35. The average Bonchev–Trinajstić information content (AvgIpc) is 2.37. The molecule has 0 radical (unpaired) electrons. The Hall–Kier alpha value is -1.46. The summed E-state index contributed by atoms with van der Waals surface area (Å²) in [7, 11) is -3.12. The van der Waals surface area contributed by atoms with E-state index >= 15 is 0 Å². The first-order valence-electron chi connectivity index (χ1n) is 5.22. The largest absolute Gasteiger partial charge is 0.366 e. The van der Waals surface area contributed by atoms with Crippen molar-refractivity contribution in [2.75, 3.05) is 0 Å². The number of aromatic nitrogens is 2. The van der Waals surface area contributed by atoms with Crippen LogP contribution in [-0.2, 0) is 19.2 Å². The van der Waals surface area contributed by atoms with Gasteiger partial charge in [0.05, 0.1) is 5.02 Å². The molecule has 8 nitrogen and oxygen atoms in total. The van der Waals surface area contributed by atoms with Gasteiger partial charge in [-0.1, -0.05) is 11.6 Å². The molecule has 0 unspecified atom stereocenters. The minimum absolute atomic E-state index is 0.0787. The Labute approximate surface area is 134 Å². The van der Waals surface area contributed by atoms with Crippen LogP contribution in [-0.4, -0.2) is 31.4 Å². The Balaban J connectivity index is 0.000000220. The number of nitrogens with one attached hydrogen (secondary N) is 1. The number of H-pyrrole nitrogens is 1. The summed E-state index contributed by atoms with van der Waals surface area (Å²) in [4.78, 5) is 15.8. The standard InChI is InChI=1S/C5H3Cl2NO2S.C5H5NO4S/c6-4-1-2-8-3-5(4)11(7,9)10;7-4-1-2-6-3-5(4)11(8,9)10/h1-3H;1-3H,(H,6,7)(H,8,9,10). The van der Waals surface area contributed by atoms with Crippen LogP contribution >= 0.6 is 22.3 Å². The molecule has 0 saturated heterocycles. The summed E-state index contributed by atoms with van der Waals surface area (Å²) in [5.41, 5.74) is -0.730. The molecule has 0 spiro atoms. The van der Waals surface area contributed by atoms with Gasteiger partial charge in [-0.05, 0) is 6.07 Å². The van der Waals surface area contributed by atoms with Gasteiger partial charge in [-0.15, -0.1) is 0 Å². The highest BCUT2D eigenvalue weighted by Gasteiger charge is 2.13. The van der Waals surface area contributed by atoms with E-state index in [4.69, 9.17) is 26.8 Å². The van der Waals surface area contributed by atoms with Crippen LogP contribution in [0.25, 0.3) is 0 Å². The lowest BCUT2D eigenvalue weighted by Crippen LogP contribution is -2.12. The first kappa shape index (κ1) is 18.6. The van der Waals surface area contributed by atoms with Gasteiger partial charge in [0.25, 0.3) is 19.2 Å². The second-order valence-electron chi connectivity index (χ2n) is 3.59. The monoisotopic (exact) mass is 386 g/mol. The summed E-state index contributed by atoms with van der Waals surface area (Å²) in [6, 6.07) is 2.37. The number of pyridine rings is 2. The molecule has 120 valence electrons. The van der Waals surface area contributed by atoms with Gasteiger partial charge in [-0.2, -0.15) is 8.42 Å². The summed E-state index contributed by atoms with van der Waals surface area (Å²) in [6.45, 7) is 0. The van der Waals surface area contributed by atoms with Crippen molar-refractivity contribution in [3.05, 3.63) is 52.2 Å². The molecule has 12 heteroatoms. The molecule has 2 N–H and O–H groups in total. The van der Waals surface area contributed by atoms with E-state index in [1.54, 1.807) is 0 Å². The Bertz CT molecular complexity index is 924. The molecule has 0 amide bonds. The van der Waals surface area contributed by atoms with Crippen molar-refractivity contribution in [2.45, 2.75) is 9.79 Å². The molecule has 0 atom stereocenters. The smallest absolute Gasteiger partial charge is 0.299 e. The van der Waals surface area contributed by atoms with E-state index < -0.39 is 29.5 Å². The molecule has 0 aliphatic rings. The second kappa shape index (κ2) is 7.20. The fourth-order valence-electron chi connectivity index (χ4n) is 1.14. The van der Waals surface area contributed by atoms with Crippen LogP contribution < -0.4 is 5.43 Å². The predicted octanol–water partition coefficient (Wildman–Crippen LogP) is 1.28. The van der Waals surface area contributed by atoms with Crippen molar-refractivity contribution in [1.82, 2.24) is 9.97 Å². The lowest BCUT2D eigenvalue weighted by molar-refractivity contribution is 0.482. The van der Waals surface area contributed by atoms with E-state index in [2.05, 4.69) is 9.97 Å². The van der Waals surface area contributed by atoms with Crippen LogP contribution in [0.1, 0.15) is 0 Å². The molecule has 2 aromatic rings. The van der Waals surface area contributed by atoms with Gasteiger partial charge in [-0.3, -0.25) is 14.3 Å². The molecule has 0 fully saturated rings. The summed E-state index contributed by atoms with van der Waals surface area (Å²) in [5.74, 6) is 0. The fraction of sp³-hybridized carbons (Fsp3) is 0. The molecule has 2 rings (SSSR count). The highest BCUT2D eigenvalue weighted by atomic mass is 35.7. The fourth-order valence-corrected chi connectivity index (χ4v) is 3.07. The van der Waals surface area contributed by atoms with Crippen molar-refractivity contribution in [1.29, 1.82) is 0 Å². The van der Waals surface area contributed by atoms with Gasteiger partial charge in [0, 0.05) is 41.5 Å². The Kier molecular flexibility index (Phi) is 6.08. The summed E-state index contributed by atoms with van der Waals surface area (Å²) >= 11 is 5.51. The van der Waals surface area contributed by atoms with E-state index in [9.17, 15) is 21.6 Å². The molecule has 0 aliphatic carbocycles. The number of hydrogen-bond donors (Lipinski definition) is 2. The van der Waals surface area contributed by atoms with Crippen LogP contribution in [0, 0.1) is 0 Å². The third-order valence-corrected chi connectivity index (χ3v) is 4.73. The number of rotatable bonds is 2. The Morgan fingerprint density at radius 3 is 2.14 bits per heavy atom. The number of hydrogen-bond acceptors (Lipinski definition) is 6. The normalized spacial score (nSPS) is 11.4. The molecular formula is C10H8Cl2N2O6S2. The molecule has 2 heterocycles. The lowest BCUT2D eigenvalue weighted by atomic mass is 10.5. The highest BCUT2D eigenvalue weighted by molar-refractivity contribution is 8.13. The zero-order chi connectivity index (χ0) is 17.0. The van der Waals surface area contributed by atoms with Crippen LogP contribution in [0.15, 0.2) is 51.5 Å². The average molecular weight is 387 g/mol. The third kappa shape index (κ3) is 5.39. The zero-order valence-corrected chi connectivity index (χ0v) is 13.6. The van der Waals surface area contributed by atoms with E-state index in [0.29, 0.717) is 0 Å². The van der Waals surface area contributed by atoms with Gasteiger partial charge in [0.15, 0.2) is 4.90 Å². The van der Waals surface area contributed by atoms with Gasteiger partial charge < -0.3 is 4.98 Å². The van der Waals surface area contributed by atoms with Crippen molar-refractivity contribution in [3.63, 3.8) is 0 Å². The van der Waals surface area contributed by atoms with Crippen molar-refractivity contribution < 1.29 is 21.4 Å². The van der Waals surface area contributed by atoms with Crippen molar-refractivity contribution >= 4 is 41.5 Å². The molecular weight excluding hydrogens is 379 g/mol. The second-order valence-corrected chi connectivity index (χ2v) is 7.92. The minimum atomic E-state index is -4.38. The SMILES string of the molecule is O=S(=O)(Cl)c1cnccc1Cl.O=c1cc[nH]cc1S(=O)(=O)O. The van der Waals surface area contributed by atoms with Crippen LogP contribution in [0.5, 0.6) is 0 Å². The lowest BCUT2D eigenvalue weighted by Gasteiger charge is -1.95. The summed E-state index contributed by atoms with van der Waals surface area (Å²) in [6.07, 6.45) is 4.69. The maximum absolute atomic E-state index is 10.7. The van der Waals surface area contributed by atoms with Gasteiger partial charge in [0.2, 0.25) is 5.43 Å². The van der Waals surface area contributed by atoms with Gasteiger partial charge in [0.1, 0.15) is 4.90 Å².